The highest BCUT2D eigenvalue weighted by molar-refractivity contribution is 8.26. The summed E-state index contributed by atoms with van der Waals surface area (Å²) >= 11 is 12.1. The molecule has 0 radical (unpaired) electrons. The van der Waals surface area contributed by atoms with Crippen LogP contribution in [0.2, 0.25) is 5.02 Å². The van der Waals surface area contributed by atoms with Gasteiger partial charge in [0.15, 0.2) is 0 Å². The SMILES string of the molecule is O=C(O)CCCN1C(=O)/C(=C\c2c(F)cccc2Cl)SC1=S. The number of carboxylic acids is 1. The molecule has 0 spiro atoms. The van der Waals surface area contributed by atoms with Crippen LogP contribution < -0.4 is 0 Å². The molecule has 1 N–H and O–H groups in total. The Kier molecular flexibility index (Phi) is 5.55. The smallest absolute Gasteiger partial charge is 0.303 e. The molecule has 0 atom stereocenters. The number of thioether (sulfide) groups is 1. The number of thiocarbonyl (C=S) groups is 1. The fourth-order valence-electron chi connectivity index (χ4n) is 1.86. The lowest BCUT2D eigenvalue weighted by molar-refractivity contribution is -0.137. The lowest BCUT2D eigenvalue weighted by Crippen LogP contribution is -2.29. The summed E-state index contributed by atoms with van der Waals surface area (Å²) in [7, 11) is 0. The highest BCUT2D eigenvalue weighted by Crippen LogP contribution is 2.34. The second-order valence-electron chi connectivity index (χ2n) is 4.47. The molecule has 1 saturated heterocycles. The molecular weight excluding hydrogens is 349 g/mol. The maximum Gasteiger partial charge on any atom is 0.303 e. The summed E-state index contributed by atoms with van der Waals surface area (Å²) in [4.78, 5) is 24.4. The van der Waals surface area contributed by atoms with E-state index in [0.29, 0.717) is 10.7 Å². The lowest BCUT2D eigenvalue weighted by atomic mass is 10.2. The van der Waals surface area contributed by atoms with Crippen LogP contribution in [0.4, 0.5) is 4.39 Å². The Morgan fingerprint density at radius 3 is 2.86 bits per heavy atom. The van der Waals surface area contributed by atoms with Gasteiger partial charge in [-0.15, -0.1) is 0 Å². The molecule has 1 aromatic carbocycles. The molecule has 0 aliphatic carbocycles. The number of amides is 1. The van der Waals surface area contributed by atoms with Crippen molar-refractivity contribution in [1.29, 1.82) is 0 Å². The minimum Gasteiger partial charge on any atom is -0.481 e. The number of hydrogen-bond donors (Lipinski definition) is 1. The fraction of sp³-hybridized carbons (Fsp3) is 0.214. The Morgan fingerprint density at radius 1 is 1.50 bits per heavy atom. The average molecular weight is 360 g/mol. The molecule has 116 valence electrons. The number of hydrogen-bond acceptors (Lipinski definition) is 4. The molecule has 0 bridgehead atoms. The molecule has 1 aromatic rings. The monoisotopic (exact) mass is 359 g/mol. The molecule has 0 saturated carbocycles. The zero-order chi connectivity index (χ0) is 16.3. The summed E-state index contributed by atoms with van der Waals surface area (Å²) < 4.78 is 14.1. The number of nitrogens with zero attached hydrogens (tertiary/aromatic N) is 1. The average Bonchev–Trinajstić information content (AvgIpc) is 2.70. The number of carbonyl (C=O) groups excluding carboxylic acids is 1. The zero-order valence-corrected chi connectivity index (χ0v) is 13.6. The van der Waals surface area contributed by atoms with Gasteiger partial charge in [-0.25, -0.2) is 4.39 Å². The first kappa shape index (κ1) is 16.9. The van der Waals surface area contributed by atoms with Gasteiger partial charge >= 0.3 is 5.97 Å². The third-order valence-corrected chi connectivity index (χ3v) is 4.63. The maximum atomic E-state index is 13.8. The van der Waals surface area contributed by atoms with Crippen molar-refractivity contribution in [3.8, 4) is 0 Å². The van der Waals surface area contributed by atoms with Crippen molar-refractivity contribution >= 4 is 57.9 Å². The van der Waals surface area contributed by atoms with Crippen LogP contribution in [0.3, 0.4) is 0 Å². The van der Waals surface area contributed by atoms with Crippen LogP contribution in [0.25, 0.3) is 6.08 Å². The summed E-state index contributed by atoms with van der Waals surface area (Å²) in [5.74, 6) is -1.82. The van der Waals surface area contributed by atoms with E-state index in [1.165, 1.54) is 29.2 Å². The first-order valence-corrected chi connectivity index (χ1v) is 7.91. The van der Waals surface area contributed by atoms with E-state index in [2.05, 4.69) is 0 Å². The normalized spacial score (nSPS) is 16.6. The van der Waals surface area contributed by atoms with Gasteiger partial charge in [0.25, 0.3) is 5.91 Å². The Morgan fingerprint density at radius 2 is 2.23 bits per heavy atom. The topological polar surface area (TPSA) is 57.6 Å². The van der Waals surface area contributed by atoms with Gasteiger partial charge < -0.3 is 5.11 Å². The molecule has 1 aliphatic heterocycles. The van der Waals surface area contributed by atoms with Crippen LogP contribution >= 0.6 is 35.6 Å². The summed E-state index contributed by atoms with van der Waals surface area (Å²) in [5.41, 5.74) is 0.134. The molecular formula is C14H11ClFNO3S2. The van der Waals surface area contributed by atoms with Gasteiger partial charge in [0.2, 0.25) is 0 Å². The van der Waals surface area contributed by atoms with Crippen molar-refractivity contribution in [3.63, 3.8) is 0 Å². The van der Waals surface area contributed by atoms with E-state index in [1.807, 2.05) is 0 Å². The predicted molar refractivity (Wildman–Crippen MR) is 88.2 cm³/mol. The van der Waals surface area contributed by atoms with Crippen molar-refractivity contribution in [2.45, 2.75) is 12.8 Å². The van der Waals surface area contributed by atoms with Crippen molar-refractivity contribution in [1.82, 2.24) is 4.90 Å². The Hall–Kier alpha value is -1.44. The lowest BCUT2D eigenvalue weighted by Gasteiger charge is -2.13. The van der Waals surface area contributed by atoms with Gasteiger partial charge in [-0.3, -0.25) is 14.5 Å². The third kappa shape index (κ3) is 3.85. The summed E-state index contributed by atoms with van der Waals surface area (Å²) in [5, 5.41) is 8.82. The second kappa shape index (κ2) is 7.21. The quantitative estimate of drug-likeness (QED) is 0.643. The van der Waals surface area contributed by atoms with Crippen LogP contribution in [-0.4, -0.2) is 32.7 Å². The van der Waals surface area contributed by atoms with Crippen molar-refractivity contribution in [3.05, 3.63) is 39.5 Å². The van der Waals surface area contributed by atoms with Crippen molar-refractivity contribution < 1.29 is 19.1 Å². The molecule has 1 aliphatic rings. The molecule has 1 amide bonds. The zero-order valence-electron chi connectivity index (χ0n) is 11.2. The number of benzene rings is 1. The van der Waals surface area contributed by atoms with E-state index >= 15 is 0 Å². The van der Waals surface area contributed by atoms with Crippen LogP contribution in [-0.2, 0) is 9.59 Å². The van der Waals surface area contributed by atoms with Gasteiger partial charge in [-0.2, -0.15) is 0 Å². The number of carbonyl (C=O) groups is 2. The van der Waals surface area contributed by atoms with Crippen molar-refractivity contribution in [2.75, 3.05) is 6.54 Å². The van der Waals surface area contributed by atoms with Crippen LogP contribution in [0.1, 0.15) is 18.4 Å². The van der Waals surface area contributed by atoms with Gasteiger partial charge in [0.1, 0.15) is 10.1 Å². The number of carboxylic acid groups (broad SMARTS) is 1. The van der Waals surface area contributed by atoms with E-state index in [0.717, 1.165) is 11.8 Å². The fourth-order valence-corrected chi connectivity index (χ4v) is 3.37. The van der Waals surface area contributed by atoms with E-state index in [-0.39, 0.29) is 34.4 Å². The maximum absolute atomic E-state index is 13.8. The number of rotatable bonds is 5. The molecule has 22 heavy (non-hydrogen) atoms. The molecule has 1 heterocycles. The predicted octanol–water partition coefficient (Wildman–Crippen LogP) is 3.55. The van der Waals surface area contributed by atoms with E-state index < -0.39 is 11.8 Å². The Labute approximate surface area is 140 Å². The van der Waals surface area contributed by atoms with Gasteiger partial charge in [-0.05, 0) is 24.6 Å². The summed E-state index contributed by atoms with van der Waals surface area (Å²) in [6.07, 6.45) is 1.62. The molecule has 0 unspecified atom stereocenters. The third-order valence-electron chi connectivity index (χ3n) is 2.92. The molecule has 1 fully saturated rings. The Bertz CT molecular complexity index is 658. The first-order valence-electron chi connectivity index (χ1n) is 6.31. The van der Waals surface area contributed by atoms with E-state index in [4.69, 9.17) is 28.9 Å². The second-order valence-corrected chi connectivity index (χ2v) is 6.55. The molecule has 2 rings (SSSR count). The first-order chi connectivity index (χ1) is 10.4. The largest absolute Gasteiger partial charge is 0.481 e. The van der Waals surface area contributed by atoms with Crippen LogP contribution in [0.15, 0.2) is 23.1 Å². The number of aliphatic carboxylic acids is 1. The van der Waals surface area contributed by atoms with E-state index in [9.17, 15) is 14.0 Å². The van der Waals surface area contributed by atoms with Gasteiger partial charge in [0, 0.05) is 18.5 Å². The highest BCUT2D eigenvalue weighted by atomic mass is 35.5. The summed E-state index contributed by atoms with van der Waals surface area (Å²) in [6, 6.07) is 4.27. The van der Waals surface area contributed by atoms with Gasteiger partial charge in [-0.1, -0.05) is 41.6 Å². The van der Waals surface area contributed by atoms with Crippen LogP contribution in [0, 0.1) is 5.82 Å². The van der Waals surface area contributed by atoms with Gasteiger partial charge in [0.05, 0.1) is 9.93 Å². The summed E-state index contributed by atoms with van der Waals surface area (Å²) in [6.45, 7) is 0.222. The number of halogens is 2. The minimum absolute atomic E-state index is 0.0464. The molecule has 0 aromatic heterocycles. The van der Waals surface area contributed by atoms with Crippen LogP contribution in [0.5, 0.6) is 0 Å². The minimum atomic E-state index is -0.931. The van der Waals surface area contributed by atoms with Crippen molar-refractivity contribution in [2.24, 2.45) is 0 Å². The Balaban J connectivity index is 2.17. The van der Waals surface area contributed by atoms with E-state index in [1.54, 1.807) is 0 Å². The molecule has 8 heteroatoms. The highest BCUT2D eigenvalue weighted by Gasteiger charge is 2.32. The standard InChI is InChI=1S/C14H11ClFNO3S2/c15-9-3-1-4-10(16)8(9)7-11-13(20)17(14(21)22-11)6-2-5-12(18)19/h1,3-4,7H,2,5-6H2,(H,18,19)/b11-7+. The molecule has 4 nitrogen and oxygen atoms in total.